The Labute approximate surface area is 112 Å². The summed E-state index contributed by atoms with van der Waals surface area (Å²) in [6.07, 6.45) is 4.89. The van der Waals surface area contributed by atoms with Crippen LogP contribution in [0.3, 0.4) is 0 Å². The predicted octanol–water partition coefficient (Wildman–Crippen LogP) is 2.89. The molecule has 19 heavy (non-hydrogen) atoms. The Morgan fingerprint density at radius 3 is 2.42 bits per heavy atom. The zero-order valence-electron chi connectivity index (χ0n) is 10.9. The lowest BCUT2D eigenvalue weighted by Gasteiger charge is -2.14. The number of hydrogen-bond acceptors (Lipinski definition) is 2. The average Bonchev–Trinajstić information content (AvgIpc) is 2.97. The van der Waals surface area contributed by atoms with Crippen LogP contribution in [-0.2, 0) is 0 Å². The van der Waals surface area contributed by atoms with E-state index in [0.29, 0.717) is 5.92 Å². The molecule has 1 aliphatic rings. The Morgan fingerprint density at radius 2 is 1.74 bits per heavy atom. The van der Waals surface area contributed by atoms with Crippen LogP contribution in [0.2, 0.25) is 0 Å². The van der Waals surface area contributed by atoms with Crippen molar-refractivity contribution in [2.45, 2.75) is 31.6 Å². The maximum Gasteiger partial charge on any atom is 0.269 e. The third-order valence-corrected chi connectivity index (χ3v) is 3.99. The van der Waals surface area contributed by atoms with E-state index in [1.165, 1.54) is 30.4 Å². The molecule has 98 valence electrons. The SMILES string of the molecule is Nn1c(-c2ccccc2)cc(C2CCCC2)cc1=O. The van der Waals surface area contributed by atoms with Crippen LogP contribution in [0.15, 0.2) is 47.3 Å². The van der Waals surface area contributed by atoms with Crippen LogP contribution in [0.4, 0.5) is 0 Å². The van der Waals surface area contributed by atoms with Gasteiger partial charge in [0.2, 0.25) is 0 Å². The molecular weight excluding hydrogens is 236 g/mol. The van der Waals surface area contributed by atoms with E-state index in [0.717, 1.165) is 16.8 Å². The second kappa shape index (κ2) is 4.92. The normalized spacial score (nSPS) is 15.8. The van der Waals surface area contributed by atoms with E-state index in [9.17, 15) is 4.79 Å². The molecule has 1 saturated carbocycles. The van der Waals surface area contributed by atoms with Gasteiger partial charge in [-0.2, -0.15) is 0 Å². The van der Waals surface area contributed by atoms with Gasteiger partial charge in [0.1, 0.15) is 0 Å². The molecular formula is C16H18N2O. The first-order chi connectivity index (χ1) is 9.25. The van der Waals surface area contributed by atoms with Gasteiger partial charge in [-0.05, 0) is 30.4 Å². The van der Waals surface area contributed by atoms with E-state index in [4.69, 9.17) is 5.84 Å². The fraction of sp³-hybridized carbons (Fsp3) is 0.312. The first-order valence-electron chi connectivity index (χ1n) is 6.83. The summed E-state index contributed by atoms with van der Waals surface area (Å²) in [7, 11) is 0. The summed E-state index contributed by atoms with van der Waals surface area (Å²) in [5, 5.41) is 0. The topological polar surface area (TPSA) is 48.0 Å². The van der Waals surface area contributed by atoms with E-state index in [1.54, 1.807) is 6.07 Å². The Hall–Kier alpha value is -2.03. The monoisotopic (exact) mass is 254 g/mol. The Balaban J connectivity index is 2.11. The number of nitrogen functional groups attached to an aromatic ring is 1. The summed E-state index contributed by atoms with van der Waals surface area (Å²) in [6.45, 7) is 0. The van der Waals surface area contributed by atoms with Gasteiger partial charge in [0.15, 0.2) is 0 Å². The molecule has 1 fully saturated rings. The van der Waals surface area contributed by atoms with Crippen molar-refractivity contribution < 1.29 is 0 Å². The largest absolute Gasteiger partial charge is 0.336 e. The first kappa shape index (κ1) is 12.0. The molecule has 0 radical (unpaired) electrons. The van der Waals surface area contributed by atoms with Crippen molar-refractivity contribution in [1.82, 2.24) is 4.68 Å². The van der Waals surface area contributed by atoms with Gasteiger partial charge in [-0.1, -0.05) is 43.2 Å². The van der Waals surface area contributed by atoms with Crippen LogP contribution in [0, 0.1) is 0 Å². The predicted molar refractivity (Wildman–Crippen MR) is 77.5 cm³/mol. The number of benzene rings is 1. The van der Waals surface area contributed by atoms with Crippen molar-refractivity contribution in [3.63, 3.8) is 0 Å². The molecule has 0 saturated heterocycles. The van der Waals surface area contributed by atoms with Gasteiger partial charge in [-0.25, -0.2) is 4.68 Å². The highest BCUT2D eigenvalue weighted by atomic mass is 16.1. The number of hydrogen-bond donors (Lipinski definition) is 1. The Kier molecular flexibility index (Phi) is 3.11. The second-order valence-corrected chi connectivity index (χ2v) is 5.23. The molecule has 3 heteroatoms. The molecule has 0 unspecified atom stereocenters. The summed E-state index contributed by atoms with van der Waals surface area (Å²) in [6, 6.07) is 13.6. The second-order valence-electron chi connectivity index (χ2n) is 5.23. The molecule has 0 amide bonds. The number of pyridine rings is 1. The van der Waals surface area contributed by atoms with Crippen molar-refractivity contribution in [3.8, 4) is 11.3 Å². The first-order valence-corrected chi connectivity index (χ1v) is 6.83. The molecule has 0 atom stereocenters. The van der Waals surface area contributed by atoms with Crippen molar-refractivity contribution in [1.29, 1.82) is 0 Å². The zero-order valence-corrected chi connectivity index (χ0v) is 10.9. The van der Waals surface area contributed by atoms with Crippen LogP contribution in [0.1, 0.15) is 37.2 Å². The number of rotatable bonds is 2. The highest BCUT2D eigenvalue weighted by Gasteiger charge is 2.19. The van der Waals surface area contributed by atoms with E-state index in [-0.39, 0.29) is 5.56 Å². The molecule has 1 aliphatic carbocycles. The van der Waals surface area contributed by atoms with Crippen molar-refractivity contribution in [2.75, 3.05) is 5.84 Å². The summed E-state index contributed by atoms with van der Waals surface area (Å²) in [5.74, 6) is 6.41. The lowest BCUT2D eigenvalue weighted by Crippen LogP contribution is -2.28. The van der Waals surface area contributed by atoms with Gasteiger partial charge >= 0.3 is 0 Å². The molecule has 3 nitrogen and oxygen atoms in total. The molecule has 2 aromatic rings. The number of nitrogens with zero attached hydrogens (tertiary/aromatic N) is 1. The lowest BCUT2D eigenvalue weighted by atomic mass is 9.96. The van der Waals surface area contributed by atoms with Gasteiger partial charge < -0.3 is 5.84 Å². The van der Waals surface area contributed by atoms with Crippen LogP contribution < -0.4 is 11.4 Å². The van der Waals surface area contributed by atoms with Crippen LogP contribution in [0.25, 0.3) is 11.3 Å². The molecule has 1 aromatic heterocycles. The molecule has 0 bridgehead atoms. The lowest BCUT2D eigenvalue weighted by molar-refractivity contribution is 0.717. The molecule has 1 aromatic carbocycles. The van der Waals surface area contributed by atoms with E-state index >= 15 is 0 Å². The fourth-order valence-corrected chi connectivity index (χ4v) is 2.93. The minimum absolute atomic E-state index is 0.122. The Morgan fingerprint density at radius 1 is 1.05 bits per heavy atom. The number of aromatic nitrogens is 1. The summed E-state index contributed by atoms with van der Waals surface area (Å²) < 4.78 is 1.24. The average molecular weight is 254 g/mol. The van der Waals surface area contributed by atoms with Gasteiger partial charge in [-0.3, -0.25) is 4.79 Å². The number of nitrogens with two attached hydrogens (primary N) is 1. The summed E-state index contributed by atoms with van der Waals surface area (Å²) >= 11 is 0. The fourth-order valence-electron chi connectivity index (χ4n) is 2.93. The van der Waals surface area contributed by atoms with Crippen LogP contribution in [-0.4, -0.2) is 4.68 Å². The molecule has 0 spiro atoms. The highest BCUT2D eigenvalue weighted by Crippen LogP contribution is 2.34. The highest BCUT2D eigenvalue weighted by molar-refractivity contribution is 5.60. The van der Waals surface area contributed by atoms with Crippen molar-refractivity contribution in [2.24, 2.45) is 0 Å². The third kappa shape index (κ3) is 2.28. The standard InChI is InChI=1S/C16H18N2O/c17-18-15(13-8-2-1-3-9-13)10-14(11-16(18)19)12-6-4-5-7-12/h1-3,8-12H,4-7,17H2. The van der Waals surface area contributed by atoms with Crippen LogP contribution >= 0.6 is 0 Å². The summed E-state index contributed by atoms with van der Waals surface area (Å²) in [4.78, 5) is 12.0. The Bertz CT molecular complexity index is 625. The van der Waals surface area contributed by atoms with Gasteiger partial charge in [0.25, 0.3) is 5.56 Å². The molecule has 1 heterocycles. The quantitative estimate of drug-likeness (QED) is 0.838. The molecule has 0 aliphatic heterocycles. The third-order valence-electron chi connectivity index (χ3n) is 3.99. The van der Waals surface area contributed by atoms with E-state index < -0.39 is 0 Å². The van der Waals surface area contributed by atoms with E-state index in [1.807, 2.05) is 30.3 Å². The molecule has 3 rings (SSSR count). The maximum absolute atomic E-state index is 12.0. The minimum Gasteiger partial charge on any atom is -0.336 e. The molecule has 2 N–H and O–H groups in total. The zero-order chi connectivity index (χ0) is 13.2. The van der Waals surface area contributed by atoms with Gasteiger partial charge in [0.05, 0.1) is 5.69 Å². The van der Waals surface area contributed by atoms with E-state index in [2.05, 4.69) is 6.07 Å². The maximum atomic E-state index is 12.0. The summed E-state index contributed by atoms with van der Waals surface area (Å²) in [5.41, 5.74) is 2.81. The van der Waals surface area contributed by atoms with Crippen molar-refractivity contribution in [3.05, 3.63) is 58.4 Å². The minimum atomic E-state index is -0.122. The van der Waals surface area contributed by atoms with Gasteiger partial charge in [0, 0.05) is 11.6 Å². The van der Waals surface area contributed by atoms with Gasteiger partial charge in [-0.15, -0.1) is 0 Å². The smallest absolute Gasteiger partial charge is 0.269 e. The van der Waals surface area contributed by atoms with Crippen molar-refractivity contribution >= 4 is 0 Å². The van der Waals surface area contributed by atoms with Crippen LogP contribution in [0.5, 0.6) is 0 Å².